The van der Waals surface area contributed by atoms with Crippen molar-refractivity contribution in [1.29, 1.82) is 0 Å². The Morgan fingerprint density at radius 2 is 1.61 bits per heavy atom. The first kappa shape index (κ1) is 23.2. The van der Waals surface area contributed by atoms with Crippen molar-refractivity contribution in [2.45, 2.75) is 44.8 Å². The Morgan fingerprint density at radius 3 is 2.15 bits per heavy atom. The first-order valence-electron chi connectivity index (χ1n) is 10.2. The van der Waals surface area contributed by atoms with Gasteiger partial charge in [0.2, 0.25) is 0 Å². The smallest absolute Gasteiger partial charge is 0.369 e. The summed E-state index contributed by atoms with van der Waals surface area (Å²) in [5.74, 6) is 0. The van der Waals surface area contributed by atoms with Crippen LogP contribution >= 0.6 is 0 Å². The van der Waals surface area contributed by atoms with Crippen molar-refractivity contribution >= 4 is 5.69 Å². The van der Waals surface area contributed by atoms with Crippen LogP contribution < -0.4 is 4.90 Å². The van der Waals surface area contributed by atoms with E-state index in [9.17, 15) is 31.4 Å². The van der Waals surface area contributed by atoms with Crippen LogP contribution in [0.25, 0.3) is 11.1 Å². The Bertz CT molecular complexity index is 1130. The van der Waals surface area contributed by atoms with Crippen LogP contribution in [0, 0.1) is 13.8 Å². The van der Waals surface area contributed by atoms with E-state index in [2.05, 4.69) is 16.3 Å². The summed E-state index contributed by atoms with van der Waals surface area (Å²) in [6, 6.07) is 9.74. The van der Waals surface area contributed by atoms with Gasteiger partial charge in [-0.1, -0.05) is 30.3 Å². The summed E-state index contributed by atoms with van der Waals surface area (Å²) < 4.78 is 78.5. The fourth-order valence-corrected chi connectivity index (χ4v) is 4.33. The van der Waals surface area contributed by atoms with Crippen LogP contribution in [0.15, 0.2) is 42.5 Å². The molecule has 0 fully saturated rings. The molecule has 2 N–H and O–H groups in total. The summed E-state index contributed by atoms with van der Waals surface area (Å²) in [5.41, 5.74) is 0.332. The summed E-state index contributed by atoms with van der Waals surface area (Å²) in [6.45, 7) is 4.84. The lowest BCUT2D eigenvalue weighted by atomic mass is 9.91. The van der Waals surface area contributed by atoms with Gasteiger partial charge in [0.1, 0.15) is 0 Å². The number of H-pyrrole nitrogens is 1. The molecular formula is C23H21F6N3O. The Labute approximate surface area is 185 Å². The fourth-order valence-electron chi connectivity index (χ4n) is 4.33. The average molecular weight is 469 g/mol. The number of halogens is 6. The molecule has 10 heteroatoms. The van der Waals surface area contributed by atoms with Gasteiger partial charge < -0.3 is 10.0 Å². The van der Waals surface area contributed by atoms with E-state index in [1.165, 1.54) is 12.1 Å². The number of alkyl halides is 6. The van der Waals surface area contributed by atoms with E-state index < -0.39 is 23.5 Å². The first-order valence-corrected chi connectivity index (χ1v) is 10.2. The minimum atomic E-state index is -5.90. The molecule has 0 aliphatic carbocycles. The molecule has 0 spiro atoms. The second-order valence-electron chi connectivity index (χ2n) is 8.23. The molecule has 1 aliphatic heterocycles. The van der Waals surface area contributed by atoms with Crippen molar-refractivity contribution in [3.8, 4) is 11.1 Å². The topological polar surface area (TPSA) is 52.2 Å². The normalized spacial score (nSPS) is 14.6. The average Bonchev–Trinajstić information content (AvgIpc) is 3.28. The van der Waals surface area contributed by atoms with E-state index in [4.69, 9.17) is 0 Å². The number of aromatic nitrogens is 2. The van der Waals surface area contributed by atoms with E-state index in [1.807, 2.05) is 30.9 Å². The molecule has 4 nitrogen and oxygen atoms in total. The Hall–Kier alpha value is -3.01. The summed E-state index contributed by atoms with van der Waals surface area (Å²) >= 11 is 0. The highest BCUT2D eigenvalue weighted by Gasteiger charge is 2.71. The second kappa shape index (κ2) is 7.79. The van der Waals surface area contributed by atoms with Gasteiger partial charge >= 0.3 is 12.4 Å². The number of rotatable bonds is 4. The predicted molar refractivity (Wildman–Crippen MR) is 111 cm³/mol. The second-order valence-corrected chi connectivity index (χ2v) is 8.23. The van der Waals surface area contributed by atoms with Crippen LogP contribution in [0.4, 0.5) is 32.0 Å². The van der Waals surface area contributed by atoms with Gasteiger partial charge in [-0.25, -0.2) is 0 Å². The van der Waals surface area contributed by atoms with Crippen LogP contribution in [-0.2, 0) is 18.6 Å². The zero-order valence-electron chi connectivity index (χ0n) is 17.8. The predicted octanol–water partition coefficient (Wildman–Crippen LogP) is 5.57. The minimum Gasteiger partial charge on any atom is -0.369 e. The van der Waals surface area contributed by atoms with Gasteiger partial charge in [0.25, 0.3) is 5.60 Å². The SMILES string of the molecule is Cc1n[nH]c(C)c1-c1ccc2c(c1)CCN2Cc1ccc(C(O)(C(F)(F)F)C(F)(F)F)cc1. The van der Waals surface area contributed by atoms with Crippen molar-refractivity contribution in [3.63, 3.8) is 0 Å². The van der Waals surface area contributed by atoms with Gasteiger partial charge in [-0.3, -0.25) is 5.10 Å². The van der Waals surface area contributed by atoms with Crippen LogP contribution in [0.3, 0.4) is 0 Å². The van der Waals surface area contributed by atoms with Crippen molar-refractivity contribution < 1.29 is 31.4 Å². The molecule has 2 heterocycles. The molecule has 0 saturated carbocycles. The van der Waals surface area contributed by atoms with Crippen LogP contribution in [0.1, 0.15) is 28.1 Å². The van der Waals surface area contributed by atoms with Gasteiger partial charge in [-0.2, -0.15) is 31.4 Å². The molecule has 0 amide bonds. The number of anilines is 1. The van der Waals surface area contributed by atoms with E-state index in [0.29, 0.717) is 30.8 Å². The molecule has 0 atom stereocenters. The van der Waals surface area contributed by atoms with E-state index >= 15 is 0 Å². The van der Waals surface area contributed by atoms with E-state index in [1.54, 1.807) is 0 Å². The lowest BCUT2D eigenvalue weighted by Gasteiger charge is -2.32. The number of aryl methyl sites for hydroxylation is 2. The van der Waals surface area contributed by atoms with Crippen LogP contribution in [0.2, 0.25) is 0 Å². The van der Waals surface area contributed by atoms with Crippen LogP contribution in [-0.4, -0.2) is 34.2 Å². The molecule has 4 rings (SSSR count). The van der Waals surface area contributed by atoms with Crippen molar-refractivity contribution in [3.05, 3.63) is 70.5 Å². The number of benzene rings is 2. The molecule has 0 radical (unpaired) electrons. The quantitative estimate of drug-likeness (QED) is 0.492. The highest BCUT2D eigenvalue weighted by Crippen LogP contribution is 2.50. The first-order chi connectivity index (χ1) is 15.3. The molecule has 3 aromatic rings. The van der Waals surface area contributed by atoms with Crippen molar-refractivity contribution in [2.75, 3.05) is 11.4 Å². The maximum absolute atomic E-state index is 13.1. The van der Waals surface area contributed by atoms with Gasteiger partial charge in [-0.15, -0.1) is 0 Å². The zero-order valence-corrected chi connectivity index (χ0v) is 17.8. The summed E-state index contributed by atoms with van der Waals surface area (Å²) in [4.78, 5) is 2.02. The highest BCUT2D eigenvalue weighted by atomic mass is 19.4. The number of nitrogens with zero attached hydrogens (tertiary/aromatic N) is 2. The molecule has 0 bridgehead atoms. The highest BCUT2D eigenvalue weighted by molar-refractivity contribution is 5.73. The van der Waals surface area contributed by atoms with Crippen molar-refractivity contribution in [1.82, 2.24) is 10.2 Å². The number of hydrogen-bond acceptors (Lipinski definition) is 3. The molecule has 2 aromatic carbocycles. The summed E-state index contributed by atoms with van der Waals surface area (Å²) in [5, 5.41) is 16.7. The molecule has 1 aromatic heterocycles. The Balaban J connectivity index is 1.56. The molecule has 0 unspecified atom stereocenters. The molecule has 0 saturated heterocycles. The number of nitrogens with one attached hydrogen (secondary N) is 1. The molecule has 176 valence electrons. The lowest BCUT2D eigenvalue weighted by molar-refractivity contribution is -0.376. The largest absolute Gasteiger partial charge is 0.430 e. The third-order valence-electron chi connectivity index (χ3n) is 6.05. The maximum atomic E-state index is 13.1. The standard InChI is InChI=1S/C23H21F6N3O/c1-13-20(14(2)31-30-13)17-5-8-19-16(11-17)9-10-32(19)12-15-3-6-18(7-4-15)21(33,22(24,25)26)23(27,28)29/h3-8,11,33H,9-10,12H2,1-2H3,(H,30,31). The minimum absolute atomic E-state index is 0.312. The van der Waals surface area contributed by atoms with Crippen molar-refractivity contribution in [2.24, 2.45) is 0 Å². The number of aromatic amines is 1. The van der Waals surface area contributed by atoms with Gasteiger partial charge in [0, 0.05) is 35.6 Å². The zero-order chi connectivity index (χ0) is 24.2. The van der Waals surface area contributed by atoms with E-state index in [0.717, 1.165) is 40.2 Å². The Kier molecular flexibility index (Phi) is 5.47. The number of aliphatic hydroxyl groups is 1. The lowest BCUT2D eigenvalue weighted by Crippen LogP contribution is -2.53. The fraction of sp³-hybridized carbons (Fsp3) is 0.348. The maximum Gasteiger partial charge on any atom is 0.430 e. The number of fused-ring (bicyclic) bond motifs is 1. The summed E-state index contributed by atoms with van der Waals surface area (Å²) in [6.07, 6.45) is -11.0. The third kappa shape index (κ3) is 3.86. The van der Waals surface area contributed by atoms with Crippen LogP contribution in [0.5, 0.6) is 0 Å². The van der Waals surface area contributed by atoms with E-state index in [-0.39, 0.29) is 0 Å². The number of hydrogen-bond donors (Lipinski definition) is 2. The monoisotopic (exact) mass is 469 g/mol. The third-order valence-corrected chi connectivity index (χ3v) is 6.05. The molecular weight excluding hydrogens is 448 g/mol. The van der Waals surface area contributed by atoms with Gasteiger partial charge in [0.05, 0.1) is 5.69 Å². The van der Waals surface area contributed by atoms with Gasteiger partial charge in [0.15, 0.2) is 0 Å². The summed E-state index contributed by atoms with van der Waals surface area (Å²) in [7, 11) is 0. The van der Waals surface area contributed by atoms with Gasteiger partial charge in [-0.05, 0) is 49.1 Å². The Morgan fingerprint density at radius 1 is 0.970 bits per heavy atom. The molecule has 1 aliphatic rings. The molecule has 33 heavy (non-hydrogen) atoms.